The molecule has 0 radical (unpaired) electrons. The van der Waals surface area contributed by atoms with Crippen molar-refractivity contribution < 1.29 is 27.1 Å². The summed E-state index contributed by atoms with van der Waals surface area (Å²) in [5.74, 6) is -1.28. The molecule has 0 aliphatic heterocycles. The van der Waals surface area contributed by atoms with E-state index >= 15 is 0 Å². The molecule has 0 aromatic heterocycles. The Hall–Kier alpha value is -2.10. The fraction of sp³-hybridized carbons (Fsp3) is 0.273. The molecule has 0 heterocycles. The molecule has 3 N–H and O–H groups in total. The van der Waals surface area contributed by atoms with Crippen LogP contribution in [-0.2, 0) is 0 Å². The van der Waals surface area contributed by atoms with Gasteiger partial charge in [0.15, 0.2) is 5.11 Å². The minimum atomic E-state index is -4.64. The van der Waals surface area contributed by atoms with Crippen LogP contribution in [-0.4, -0.2) is 30.6 Å². The summed E-state index contributed by atoms with van der Waals surface area (Å²) in [6.45, 7) is 0. The molecule has 0 unspecified atom stereocenters. The van der Waals surface area contributed by atoms with Gasteiger partial charge in [0, 0.05) is 12.6 Å². The summed E-state index contributed by atoms with van der Waals surface area (Å²) in [6.07, 6.45) is -8.62. The minimum absolute atomic E-state index is 0.0797. The molecule has 0 atom stereocenters. The molecule has 116 valence electrons. The molecule has 5 nitrogen and oxygen atoms in total. The topological polar surface area (TPSA) is 62.4 Å². The van der Waals surface area contributed by atoms with Crippen LogP contribution in [0.5, 0.6) is 5.75 Å². The molecule has 0 aliphatic carbocycles. The van der Waals surface area contributed by atoms with Crippen LogP contribution in [0.15, 0.2) is 24.3 Å². The summed E-state index contributed by atoms with van der Waals surface area (Å²) in [6, 6.07) is 4.42. The Kier molecular flexibility index (Phi) is 5.70. The molecule has 1 aromatic rings. The molecule has 10 heteroatoms. The van der Waals surface area contributed by atoms with E-state index in [4.69, 9.17) is 12.2 Å². The van der Waals surface area contributed by atoms with E-state index in [1.54, 1.807) is 0 Å². The number of alkyl halides is 4. The van der Waals surface area contributed by atoms with Crippen molar-refractivity contribution in [1.82, 2.24) is 16.2 Å². The number of rotatable bonds is 4. The van der Waals surface area contributed by atoms with Crippen LogP contribution < -0.4 is 20.9 Å². The number of thiocarbonyl (C=S) groups is 1. The van der Waals surface area contributed by atoms with Crippen molar-refractivity contribution in [3.63, 3.8) is 0 Å². The summed E-state index contributed by atoms with van der Waals surface area (Å²) in [5, 5.41) is 2.65. The summed E-state index contributed by atoms with van der Waals surface area (Å²) < 4.78 is 53.4. The zero-order valence-corrected chi connectivity index (χ0v) is 11.4. The molecule has 0 spiro atoms. The maximum absolute atomic E-state index is 12.8. The number of halogens is 4. The van der Waals surface area contributed by atoms with Crippen LogP contribution in [0, 0.1) is 0 Å². The largest absolute Gasteiger partial charge is 0.461 e. The fourth-order valence-electron chi connectivity index (χ4n) is 1.15. The van der Waals surface area contributed by atoms with Gasteiger partial charge < -0.3 is 10.1 Å². The molecule has 1 amide bonds. The Morgan fingerprint density at radius 2 is 2.00 bits per heavy atom. The average molecular weight is 325 g/mol. The normalized spacial score (nSPS) is 11.0. The first-order valence-electron chi connectivity index (χ1n) is 5.49. The third-order valence-corrected chi connectivity index (χ3v) is 2.43. The highest BCUT2D eigenvalue weighted by Crippen LogP contribution is 2.27. The van der Waals surface area contributed by atoms with Crippen LogP contribution in [0.1, 0.15) is 10.4 Å². The van der Waals surface area contributed by atoms with Crippen molar-refractivity contribution in [2.45, 2.75) is 12.5 Å². The monoisotopic (exact) mass is 325 g/mol. The zero-order chi connectivity index (χ0) is 16.0. The van der Waals surface area contributed by atoms with Gasteiger partial charge in [0.2, 0.25) is 0 Å². The first-order chi connectivity index (χ1) is 9.76. The average Bonchev–Trinajstić information content (AvgIpc) is 2.43. The molecular weight excluding hydrogens is 314 g/mol. The molecule has 1 aromatic carbocycles. The lowest BCUT2D eigenvalue weighted by Crippen LogP contribution is -2.45. The molecule has 1 rings (SSSR count). The van der Waals surface area contributed by atoms with E-state index < -0.39 is 24.2 Å². The van der Waals surface area contributed by atoms with E-state index in [1.807, 2.05) is 0 Å². The second kappa shape index (κ2) is 7.07. The number of hydrogen-bond acceptors (Lipinski definition) is 3. The van der Waals surface area contributed by atoms with Crippen molar-refractivity contribution >= 4 is 23.2 Å². The second-order valence-electron chi connectivity index (χ2n) is 3.65. The number of benzene rings is 1. The lowest BCUT2D eigenvalue weighted by atomic mass is 10.2. The lowest BCUT2D eigenvalue weighted by molar-refractivity contribution is -0.253. The van der Waals surface area contributed by atoms with Crippen molar-refractivity contribution in [3.05, 3.63) is 29.8 Å². The van der Waals surface area contributed by atoms with Crippen LogP contribution in [0.3, 0.4) is 0 Å². The number of hydrogen-bond donors (Lipinski definition) is 3. The summed E-state index contributed by atoms with van der Waals surface area (Å²) in [4.78, 5) is 11.7. The SMILES string of the molecule is CNC(=S)NNC(=O)c1cccc(OC(F)(F)C(F)F)c1. The smallest absolute Gasteiger partial charge is 0.428 e. The molecule has 0 saturated heterocycles. The van der Waals surface area contributed by atoms with Gasteiger partial charge in [-0.05, 0) is 30.4 Å². The van der Waals surface area contributed by atoms with Crippen LogP contribution >= 0.6 is 12.2 Å². The Labute approximate surface area is 122 Å². The molecule has 21 heavy (non-hydrogen) atoms. The fourth-order valence-corrected chi connectivity index (χ4v) is 1.20. The van der Waals surface area contributed by atoms with Crippen LogP contribution in [0.4, 0.5) is 17.6 Å². The molecule has 0 aliphatic rings. The van der Waals surface area contributed by atoms with Crippen LogP contribution in [0.25, 0.3) is 0 Å². The van der Waals surface area contributed by atoms with E-state index in [9.17, 15) is 22.4 Å². The van der Waals surface area contributed by atoms with Gasteiger partial charge in [0.25, 0.3) is 5.91 Å². The highest BCUT2D eigenvalue weighted by molar-refractivity contribution is 7.80. The number of nitrogens with one attached hydrogen (secondary N) is 3. The summed E-state index contributed by atoms with van der Waals surface area (Å²) in [7, 11) is 1.52. The molecule has 0 fully saturated rings. The molecule has 0 bridgehead atoms. The van der Waals surface area contributed by atoms with Crippen molar-refractivity contribution in [3.8, 4) is 5.75 Å². The van der Waals surface area contributed by atoms with Gasteiger partial charge in [-0.3, -0.25) is 15.6 Å². The maximum atomic E-state index is 12.8. The first kappa shape index (κ1) is 17.0. The molecular formula is C11H11F4N3O2S. The number of carbonyl (C=O) groups is 1. The molecule has 0 saturated carbocycles. The summed E-state index contributed by atoms with van der Waals surface area (Å²) in [5.41, 5.74) is 4.43. The Bertz CT molecular complexity index is 528. The third-order valence-electron chi connectivity index (χ3n) is 2.12. The van der Waals surface area contributed by atoms with E-state index in [2.05, 4.69) is 20.9 Å². The third kappa shape index (κ3) is 5.06. The number of carbonyl (C=O) groups excluding carboxylic acids is 1. The van der Waals surface area contributed by atoms with Gasteiger partial charge in [-0.25, -0.2) is 0 Å². The van der Waals surface area contributed by atoms with Gasteiger partial charge >= 0.3 is 12.5 Å². The van der Waals surface area contributed by atoms with Crippen molar-refractivity contribution in [1.29, 1.82) is 0 Å². The van der Waals surface area contributed by atoms with Crippen LogP contribution in [0.2, 0.25) is 0 Å². The highest BCUT2D eigenvalue weighted by Gasteiger charge is 2.44. The van der Waals surface area contributed by atoms with Gasteiger partial charge in [-0.1, -0.05) is 6.07 Å². The Morgan fingerprint density at radius 3 is 2.57 bits per heavy atom. The van der Waals surface area contributed by atoms with Crippen molar-refractivity contribution in [2.75, 3.05) is 7.05 Å². The maximum Gasteiger partial charge on any atom is 0.461 e. The van der Waals surface area contributed by atoms with Crippen molar-refractivity contribution in [2.24, 2.45) is 0 Å². The lowest BCUT2D eigenvalue weighted by Gasteiger charge is -2.17. The predicted octanol–water partition coefficient (Wildman–Crippen LogP) is 1.66. The highest BCUT2D eigenvalue weighted by atomic mass is 32.1. The van der Waals surface area contributed by atoms with Gasteiger partial charge in [0.1, 0.15) is 5.75 Å². The minimum Gasteiger partial charge on any atom is -0.428 e. The van der Waals surface area contributed by atoms with E-state index in [-0.39, 0.29) is 10.7 Å². The summed E-state index contributed by atoms with van der Waals surface area (Å²) >= 11 is 4.71. The van der Waals surface area contributed by atoms with E-state index in [0.29, 0.717) is 0 Å². The van der Waals surface area contributed by atoms with E-state index in [0.717, 1.165) is 12.1 Å². The van der Waals surface area contributed by atoms with Gasteiger partial charge in [-0.15, -0.1) is 0 Å². The number of amides is 1. The quantitative estimate of drug-likeness (QED) is 0.446. The zero-order valence-electron chi connectivity index (χ0n) is 10.6. The Balaban J connectivity index is 2.76. The van der Waals surface area contributed by atoms with Gasteiger partial charge in [0.05, 0.1) is 0 Å². The number of hydrazine groups is 1. The predicted molar refractivity (Wildman–Crippen MR) is 70.3 cm³/mol. The van der Waals surface area contributed by atoms with E-state index in [1.165, 1.54) is 19.2 Å². The van der Waals surface area contributed by atoms with Gasteiger partial charge in [-0.2, -0.15) is 17.6 Å². The standard InChI is InChI=1S/C11H11F4N3O2S/c1-16-10(21)18-17-8(19)6-3-2-4-7(5-6)20-11(14,15)9(12)13/h2-5,9H,1H3,(H,17,19)(H2,16,18,21). The first-order valence-corrected chi connectivity index (χ1v) is 5.90. The number of ether oxygens (including phenoxy) is 1. The second-order valence-corrected chi connectivity index (χ2v) is 4.06. The Morgan fingerprint density at radius 1 is 1.33 bits per heavy atom.